The molecule has 3 nitrogen and oxygen atoms in total. The topological polar surface area (TPSA) is 69.1 Å². The highest BCUT2D eigenvalue weighted by Gasteiger charge is 2.55. The van der Waals surface area contributed by atoms with E-state index in [1.54, 1.807) is 0 Å². The number of amides is 1. The molecule has 0 aromatic heterocycles. The molecule has 156 valence electrons. The molecule has 28 heavy (non-hydrogen) atoms. The zero-order valence-electron chi connectivity index (χ0n) is 17.6. The predicted octanol–water partition coefficient (Wildman–Crippen LogP) is 5.44. The van der Waals surface area contributed by atoms with Crippen LogP contribution < -0.4 is 11.5 Å². The summed E-state index contributed by atoms with van der Waals surface area (Å²) in [4.78, 5) is 12.1. The number of primary amides is 1. The molecule has 1 aromatic carbocycles. The molecule has 4 N–H and O–H groups in total. The number of benzene rings is 1. The van der Waals surface area contributed by atoms with Gasteiger partial charge in [-0.15, -0.1) is 0 Å². The number of carbonyl (C=O) groups excluding carboxylic acids is 1. The number of carbonyl (C=O) groups is 1. The van der Waals surface area contributed by atoms with Crippen LogP contribution in [0.25, 0.3) is 0 Å². The Labute approximate surface area is 179 Å². The third-order valence-electron chi connectivity index (χ3n) is 7.20. The molecular formula is C24H37BrN2O. The van der Waals surface area contributed by atoms with E-state index in [1.165, 1.54) is 44.1 Å². The average molecular weight is 449 g/mol. The monoisotopic (exact) mass is 448 g/mol. The molecular weight excluding hydrogens is 412 g/mol. The van der Waals surface area contributed by atoms with Crippen LogP contribution in [-0.2, 0) is 10.2 Å². The minimum atomic E-state index is -0.373. The third kappa shape index (κ3) is 4.99. The standard InChI is InChI=1S/C18H24BrNO.C6H13N/c1-16(15(20)21)8-13-9-17(2,19)12-18(10-13,11-16)14-6-4-3-5-7-14;7-6-4-2-1-3-5-6/h3-7,13H,8-12H2,1-2H3,(H2,20,21);6H,1-5,7H2. The van der Waals surface area contributed by atoms with Crippen LogP contribution in [0.2, 0.25) is 0 Å². The molecule has 0 aliphatic heterocycles. The first-order valence-electron chi connectivity index (χ1n) is 10.9. The molecule has 0 spiro atoms. The van der Waals surface area contributed by atoms with Gasteiger partial charge in [0, 0.05) is 15.8 Å². The highest BCUT2D eigenvalue weighted by Crippen LogP contribution is 2.60. The second kappa shape index (κ2) is 8.47. The number of hydrogen-bond acceptors (Lipinski definition) is 2. The second-order valence-corrected chi connectivity index (χ2v) is 12.1. The highest BCUT2D eigenvalue weighted by atomic mass is 79.9. The normalized spacial score (nSPS) is 38.2. The van der Waals surface area contributed by atoms with Crippen LogP contribution in [0.4, 0.5) is 0 Å². The fraction of sp³-hybridized carbons (Fsp3) is 0.708. The van der Waals surface area contributed by atoms with Crippen molar-refractivity contribution in [2.75, 3.05) is 0 Å². The van der Waals surface area contributed by atoms with Gasteiger partial charge in [-0.1, -0.05) is 72.4 Å². The van der Waals surface area contributed by atoms with Gasteiger partial charge < -0.3 is 11.5 Å². The zero-order chi connectivity index (χ0) is 20.4. The number of nitrogens with two attached hydrogens (primary N) is 2. The van der Waals surface area contributed by atoms with Gasteiger partial charge in [0.1, 0.15) is 0 Å². The Morgan fingerprint density at radius 2 is 1.64 bits per heavy atom. The first kappa shape index (κ1) is 21.8. The molecule has 4 heteroatoms. The quantitative estimate of drug-likeness (QED) is 0.590. The second-order valence-electron chi connectivity index (χ2n) is 10.2. The first-order chi connectivity index (χ1) is 13.1. The van der Waals surface area contributed by atoms with Gasteiger partial charge in [0.2, 0.25) is 5.91 Å². The molecule has 0 saturated heterocycles. The van der Waals surface area contributed by atoms with Gasteiger partial charge in [-0.3, -0.25) is 4.79 Å². The van der Waals surface area contributed by atoms with Crippen molar-refractivity contribution >= 4 is 21.8 Å². The van der Waals surface area contributed by atoms with Crippen LogP contribution >= 0.6 is 15.9 Å². The summed E-state index contributed by atoms with van der Waals surface area (Å²) in [5.74, 6) is 0.431. The minimum Gasteiger partial charge on any atom is -0.369 e. The van der Waals surface area contributed by atoms with Crippen molar-refractivity contribution in [2.24, 2.45) is 22.8 Å². The number of alkyl halides is 1. The van der Waals surface area contributed by atoms with E-state index in [9.17, 15) is 4.79 Å². The lowest BCUT2D eigenvalue weighted by atomic mass is 9.50. The molecule has 3 saturated carbocycles. The van der Waals surface area contributed by atoms with Crippen LogP contribution in [0, 0.1) is 11.3 Å². The van der Waals surface area contributed by atoms with Crippen molar-refractivity contribution in [1.82, 2.24) is 0 Å². The lowest BCUT2D eigenvalue weighted by Crippen LogP contribution is -2.53. The van der Waals surface area contributed by atoms with E-state index in [-0.39, 0.29) is 21.1 Å². The molecule has 4 atom stereocenters. The molecule has 0 radical (unpaired) electrons. The lowest BCUT2D eigenvalue weighted by molar-refractivity contribution is -0.132. The Morgan fingerprint density at radius 3 is 2.18 bits per heavy atom. The van der Waals surface area contributed by atoms with Crippen LogP contribution in [0.1, 0.15) is 83.6 Å². The van der Waals surface area contributed by atoms with Crippen molar-refractivity contribution in [3.8, 4) is 0 Å². The van der Waals surface area contributed by atoms with Crippen molar-refractivity contribution in [3.05, 3.63) is 35.9 Å². The first-order valence-corrected chi connectivity index (χ1v) is 11.7. The van der Waals surface area contributed by atoms with Gasteiger partial charge in [-0.25, -0.2) is 0 Å². The van der Waals surface area contributed by atoms with Crippen LogP contribution in [0.3, 0.4) is 0 Å². The Balaban J connectivity index is 0.000000271. The molecule has 4 unspecified atom stereocenters. The van der Waals surface area contributed by atoms with Gasteiger partial charge in [0.25, 0.3) is 0 Å². The fourth-order valence-electron chi connectivity index (χ4n) is 6.25. The van der Waals surface area contributed by atoms with E-state index in [0.717, 1.165) is 25.7 Å². The van der Waals surface area contributed by atoms with Gasteiger partial charge in [-0.2, -0.15) is 0 Å². The van der Waals surface area contributed by atoms with Crippen molar-refractivity contribution in [2.45, 2.75) is 93.8 Å². The summed E-state index contributed by atoms with van der Waals surface area (Å²) in [5.41, 5.74) is 12.5. The maximum atomic E-state index is 12.1. The SMILES string of the molecule is CC1(Br)CC2CC(C)(C(N)=O)CC(c3ccccc3)(C2)C1.NC1CCCCC1. The van der Waals surface area contributed by atoms with Crippen molar-refractivity contribution in [1.29, 1.82) is 0 Å². The van der Waals surface area contributed by atoms with E-state index < -0.39 is 0 Å². The molecule has 4 rings (SSSR count). The largest absolute Gasteiger partial charge is 0.369 e. The summed E-state index contributed by atoms with van der Waals surface area (Å²) in [7, 11) is 0. The fourth-order valence-corrected chi connectivity index (χ4v) is 7.24. The smallest absolute Gasteiger partial charge is 0.223 e. The van der Waals surface area contributed by atoms with Crippen LogP contribution in [-0.4, -0.2) is 16.3 Å². The Kier molecular flexibility index (Phi) is 6.61. The van der Waals surface area contributed by atoms with E-state index in [4.69, 9.17) is 11.5 Å². The highest BCUT2D eigenvalue weighted by molar-refractivity contribution is 9.10. The van der Waals surface area contributed by atoms with Crippen molar-refractivity contribution < 1.29 is 4.79 Å². The van der Waals surface area contributed by atoms with E-state index >= 15 is 0 Å². The minimum absolute atomic E-state index is 0.0739. The summed E-state index contributed by atoms with van der Waals surface area (Å²) < 4.78 is 0.157. The summed E-state index contributed by atoms with van der Waals surface area (Å²) in [6, 6.07) is 11.2. The number of fused-ring (bicyclic) bond motifs is 2. The molecule has 3 aliphatic rings. The number of halogens is 1. The number of rotatable bonds is 2. The summed E-state index contributed by atoms with van der Waals surface area (Å²) in [6.07, 6.45) is 11.8. The van der Waals surface area contributed by atoms with Crippen LogP contribution in [0.15, 0.2) is 30.3 Å². The van der Waals surface area contributed by atoms with E-state index in [2.05, 4.69) is 60.1 Å². The van der Waals surface area contributed by atoms with E-state index in [1.807, 2.05) is 0 Å². The van der Waals surface area contributed by atoms with Gasteiger partial charge >= 0.3 is 0 Å². The Morgan fingerprint density at radius 1 is 1.00 bits per heavy atom. The van der Waals surface area contributed by atoms with Gasteiger partial charge in [0.15, 0.2) is 0 Å². The molecule has 2 bridgehead atoms. The lowest BCUT2D eigenvalue weighted by Gasteiger charge is -2.56. The molecule has 3 fully saturated rings. The molecule has 3 aliphatic carbocycles. The third-order valence-corrected chi connectivity index (χ3v) is 7.80. The molecule has 0 heterocycles. The Hall–Kier alpha value is -0.870. The Bertz CT molecular complexity index is 670. The molecule has 1 aromatic rings. The van der Waals surface area contributed by atoms with Crippen molar-refractivity contribution in [3.63, 3.8) is 0 Å². The average Bonchev–Trinajstić information content (AvgIpc) is 2.61. The zero-order valence-corrected chi connectivity index (χ0v) is 19.1. The molecule has 1 amide bonds. The van der Waals surface area contributed by atoms with E-state index in [0.29, 0.717) is 12.0 Å². The summed E-state index contributed by atoms with van der Waals surface area (Å²) >= 11 is 3.94. The maximum absolute atomic E-state index is 12.1. The van der Waals surface area contributed by atoms with Gasteiger partial charge in [-0.05, 0) is 68.8 Å². The van der Waals surface area contributed by atoms with Crippen LogP contribution in [0.5, 0.6) is 0 Å². The maximum Gasteiger partial charge on any atom is 0.223 e. The number of hydrogen-bond donors (Lipinski definition) is 2. The predicted molar refractivity (Wildman–Crippen MR) is 120 cm³/mol. The summed E-state index contributed by atoms with van der Waals surface area (Å²) in [5, 5.41) is 0. The summed E-state index contributed by atoms with van der Waals surface area (Å²) in [6.45, 7) is 4.36. The van der Waals surface area contributed by atoms with Gasteiger partial charge in [0.05, 0.1) is 0 Å².